The molecule has 0 aliphatic carbocycles. The van der Waals surface area contributed by atoms with Gasteiger partial charge in [0.05, 0.1) is 12.8 Å². The number of aromatic nitrogens is 1. The summed E-state index contributed by atoms with van der Waals surface area (Å²) < 4.78 is 5.20. The zero-order valence-corrected chi connectivity index (χ0v) is 10.0. The SMILES string of the molecule is COc1cc[c]c(Nc2cccc3[nH]ccc23)c1. The standard InChI is InChI=1S/C15H13N2O/c1-18-12-5-2-4-11(10-12)17-15-7-3-6-14-13(15)8-9-16-14/h2-3,5-10,16-17H,1H3. The van der Waals surface area contributed by atoms with Crippen molar-refractivity contribution in [2.24, 2.45) is 0 Å². The summed E-state index contributed by atoms with van der Waals surface area (Å²) in [7, 11) is 1.66. The largest absolute Gasteiger partial charge is 0.497 e. The van der Waals surface area contributed by atoms with Crippen LogP contribution in [0.5, 0.6) is 5.75 Å². The number of hydrogen-bond donors (Lipinski definition) is 2. The van der Waals surface area contributed by atoms with Gasteiger partial charge in [-0.3, -0.25) is 0 Å². The van der Waals surface area contributed by atoms with E-state index in [2.05, 4.69) is 28.5 Å². The number of H-pyrrole nitrogens is 1. The van der Waals surface area contributed by atoms with Crippen LogP contribution in [0.4, 0.5) is 11.4 Å². The molecule has 1 heterocycles. The van der Waals surface area contributed by atoms with Gasteiger partial charge < -0.3 is 15.0 Å². The van der Waals surface area contributed by atoms with Crippen molar-refractivity contribution in [2.45, 2.75) is 0 Å². The molecule has 1 aromatic heterocycles. The molecule has 3 rings (SSSR count). The Morgan fingerprint density at radius 3 is 3.06 bits per heavy atom. The molecule has 0 aliphatic heterocycles. The zero-order chi connectivity index (χ0) is 12.4. The Labute approximate surface area is 105 Å². The third kappa shape index (κ3) is 1.91. The lowest BCUT2D eigenvalue weighted by Gasteiger charge is -2.08. The minimum Gasteiger partial charge on any atom is -0.497 e. The summed E-state index contributed by atoms with van der Waals surface area (Å²) in [5, 5.41) is 4.51. The highest BCUT2D eigenvalue weighted by atomic mass is 16.5. The van der Waals surface area contributed by atoms with Gasteiger partial charge in [0.15, 0.2) is 0 Å². The lowest BCUT2D eigenvalue weighted by molar-refractivity contribution is 0.415. The fraction of sp³-hybridized carbons (Fsp3) is 0.0667. The first-order chi connectivity index (χ1) is 8.86. The van der Waals surface area contributed by atoms with Gasteiger partial charge >= 0.3 is 0 Å². The van der Waals surface area contributed by atoms with Crippen LogP contribution in [-0.2, 0) is 0 Å². The average molecular weight is 237 g/mol. The van der Waals surface area contributed by atoms with Crippen molar-refractivity contribution < 1.29 is 4.74 Å². The molecule has 0 bridgehead atoms. The number of hydrogen-bond acceptors (Lipinski definition) is 2. The minimum atomic E-state index is 0.817. The molecular formula is C15H13N2O. The van der Waals surface area contributed by atoms with Crippen molar-refractivity contribution in [3.8, 4) is 5.75 Å². The highest BCUT2D eigenvalue weighted by Gasteiger charge is 2.02. The van der Waals surface area contributed by atoms with E-state index in [4.69, 9.17) is 4.74 Å². The summed E-state index contributed by atoms with van der Waals surface area (Å²) in [6.07, 6.45) is 1.94. The van der Waals surface area contributed by atoms with E-state index in [0.717, 1.165) is 28.0 Å². The van der Waals surface area contributed by atoms with Gasteiger partial charge in [-0.25, -0.2) is 0 Å². The number of ether oxygens (including phenoxy) is 1. The number of benzene rings is 2. The molecule has 0 saturated carbocycles. The second kappa shape index (κ2) is 4.45. The van der Waals surface area contributed by atoms with Crippen LogP contribution >= 0.6 is 0 Å². The lowest BCUT2D eigenvalue weighted by Crippen LogP contribution is -1.92. The van der Waals surface area contributed by atoms with Crippen LogP contribution in [0.2, 0.25) is 0 Å². The van der Waals surface area contributed by atoms with E-state index >= 15 is 0 Å². The van der Waals surface area contributed by atoms with E-state index < -0.39 is 0 Å². The first kappa shape index (κ1) is 10.7. The fourth-order valence-electron chi connectivity index (χ4n) is 1.98. The van der Waals surface area contributed by atoms with Gasteiger partial charge in [0.1, 0.15) is 5.75 Å². The highest BCUT2D eigenvalue weighted by molar-refractivity contribution is 5.93. The first-order valence-corrected chi connectivity index (χ1v) is 5.76. The molecule has 2 N–H and O–H groups in total. The summed E-state index contributed by atoms with van der Waals surface area (Å²) in [4.78, 5) is 3.19. The maximum absolute atomic E-state index is 5.20. The monoisotopic (exact) mass is 237 g/mol. The van der Waals surface area contributed by atoms with Gasteiger partial charge in [-0.05, 0) is 30.3 Å². The van der Waals surface area contributed by atoms with Crippen LogP contribution < -0.4 is 10.1 Å². The molecule has 0 aliphatic rings. The Morgan fingerprint density at radius 2 is 2.17 bits per heavy atom. The van der Waals surface area contributed by atoms with Gasteiger partial charge in [-0.2, -0.15) is 0 Å². The second-order valence-electron chi connectivity index (χ2n) is 4.01. The summed E-state index contributed by atoms with van der Waals surface area (Å²) in [6.45, 7) is 0. The summed E-state index contributed by atoms with van der Waals surface area (Å²) >= 11 is 0. The molecule has 0 atom stereocenters. The second-order valence-corrected chi connectivity index (χ2v) is 4.01. The molecule has 3 aromatic rings. The lowest BCUT2D eigenvalue weighted by atomic mass is 10.2. The molecule has 89 valence electrons. The van der Waals surface area contributed by atoms with Crippen molar-refractivity contribution in [3.63, 3.8) is 0 Å². The van der Waals surface area contributed by atoms with Gasteiger partial charge in [0.2, 0.25) is 0 Å². The van der Waals surface area contributed by atoms with E-state index in [0.29, 0.717) is 0 Å². The Hall–Kier alpha value is -2.42. The molecule has 3 heteroatoms. The van der Waals surface area contributed by atoms with Crippen LogP contribution in [-0.4, -0.2) is 12.1 Å². The molecule has 0 saturated heterocycles. The predicted octanol–water partition coefficient (Wildman–Crippen LogP) is 3.72. The highest BCUT2D eigenvalue weighted by Crippen LogP contribution is 2.26. The van der Waals surface area contributed by atoms with Crippen LogP contribution in [0.25, 0.3) is 10.9 Å². The molecule has 18 heavy (non-hydrogen) atoms. The van der Waals surface area contributed by atoms with Gasteiger partial charge in [-0.1, -0.05) is 6.07 Å². The predicted molar refractivity (Wildman–Crippen MR) is 73.4 cm³/mol. The number of rotatable bonds is 3. The molecule has 0 amide bonds. The minimum absolute atomic E-state index is 0.817. The maximum atomic E-state index is 5.20. The van der Waals surface area contributed by atoms with Crippen molar-refractivity contribution >= 4 is 22.3 Å². The Bertz CT molecular complexity index is 673. The number of aromatic amines is 1. The number of methoxy groups -OCH3 is 1. The quantitative estimate of drug-likeness (QED) is 0.728. The van der Waals surface area contributed by atoms with Crippen molar-refractivity contribution in [1.29, 1.82) is 0 Å². The van der Waals surface area contributed by atoms with E-state index in [9.17, 15) is 0 Å². The van der Waals surface area contributed by atoms with E-state index in [1.54, 1.807) is 7.11 Å². The molecule has 3 nitrogen and oxygen atoms in total. The normalized spacial score (nSPS) is 10.5. The topological polar surface area (TPSA) is 37.0 Å². The number of nitrogens with one attached hydrogen (secondary N) is 2. The van der Waals surface area contributed by atoms with Gasteiger partial charge in [-0.15, -0.1) is 0 Å². The average Bonchev–Trinajstić information content (AvgIpc) is 2.88. The third-order valence-electron chi connectivity index (χ3n) is 2.87. The smallest absolute Gasteiger partial charge is 0.120 e. The van der Waals surface area contributed by atoms with Crippen LogP contribution in [0.1, 0.15) is 0 Å². The summed E-state index contributed by atoms with van der Waals surface area (Å²) in [5.74, 6) is 0.817. The van der Waals surface area contributed by atoms with Gasteiger partial charge in [0, 0.05) is 34.9 Å². The number of anilines is 2. The van der Waals surface area contributed by atoms with Crippen molar-refractivity contribution in [2.75, 3.05) is 12.4 Å². The van der Waals surface area contributed by atoms with Crippen LogP contribution in [0.15, 0.2) is 48.7 Å². The molecule has 2 aromatic carbocycles. The Kier molecular flexibility index (Phi) is 2.65. The van der Waals surface area contributed by atoms with E-state index in [1.807, 2.05) is 36.5 Å². The zero-order valence-electron chi connectivity index (χ0n) is 10.0. The molecule has 1 radical (unpaired) electrons. The molecular weight excluding hydrogens is 224 g/mol. The van der Waals surface area contributed by atoms with Crippen LogP contribution in [0, 0.1) is 6.07 Å². The third-order valence-corrected chi connectivity index (χ3v) is 2.87. The molecule has 0 fully saturated rings. The summed E-state index contributed by atoms with van der Waals surface area (Å²) in [5.41, 5.74) is 3.06. The Balaban J connectivity index is 1.98. The van der Waals surface area contributed by atoms with Crippen LogP contribution in [0.3, 0.4) is 0 Å². The molecule has 0 spiro atoms. The van der Waals surface area contributed by atoms with Gasteiger partial charge in [0.25, 0.3) is 0 Å². The van der Waals surface area contributed by atoms with Crippen molar-refractivity contribution in [1.82, 2.24) is 4.98 Å². The molecule has 0 unspecified atom stereocenters. The number of fused-ring (bicyclic) bond motifs is 1. The van der Waals surface area contributed by atoms with E-state index in [-0.39, 0.29) is 0 Å². The summed E-state index contributed by atoms with van der Waals surface area (Å²) in [6, 6.07) is 17.0. The maximum Gasteiger partial charge on any atom is 0.120 e. The van der Waals surface area contributed by atoms with E-state index in [1.165, 1.54) is 0 Å². The first-order valence-electron chi connectivity index (χ1n) is 5.76. The van der Waals surface area contributed by atoms with Crippen molar-refractivity contribution in [3.05, 3.63) is 54.7 Å². The fourth-order valence-corrected chi connectivity index (χ4v) is 1.98. The Morgan fingerprint density at radius 1 is 1.22 bits per heavy atom.